The Kier molecular flexibility index (Phi) is 3.66. The molecule has 0 unspecified atom stereocenters. The van der Waals surface area contributed by atoms with Crippen LogP contribution in [0.3, 0.4) is 0 Å². The van der Waals surface area contributed by atoms with Gasteiger partial charge in [-0.25, -0.2) is 15.0 Å². The van der Waals surface area contributed by atoms with Crippen LogP contribution >= 0.6 is 0 Å². The Morgan fingerprint density at radius 3 is 2.82 bits per heavy atom. The van der Waals surface area contributed by atoms with Gasteiger partial charge in [0.15, 0.2) is 0 Å². The third-order valence-corrected chi connectivity index (χ3v) is 2.24. The predicted octanol–water partition coefficient (Wildman–Crippen LogP) is 1.03. The number of hydrogen-bond acceptors (Lipinski definition) is 5. The second-order valence-electron chi connectivity index (χ2n) is 3.59. The second-order valence-corrected chi connectivity index (χ2v) is 3.59. The zero-order chi connectivity index (χ0) is 12.1. The summed E-state index contributed by atoms with van der Waals surface area (Å²) in [5, 5.41) is 3.20. The standard InChI is InChI=1S/C11H15N5O/c1-9-7-16(10-5-12-8-13-6-10)11(15-9)14-3-4-17-2/h5-8H,3-4H2,1-2H3,(H,14,15). The summed E-state index contributed by atoms with van der Waals surface area (Å²) in [5.41, 5.74) is 1.82. The van der Waals surface area contributed by atoms with Crippen molar-refractivity contribution in [2.75, 3.05) is 25.6 Å². The first-order chi connectivity index (χ1) is 8.31. The topological polar surface area (TPSA) is 64.9 Å². The summed E-state index contributed by atoms with van der Waals surface area (Å²) < 4.78 is 6.91. The van der Waals surface area contributed by atoms with Crippen LogP contribution in [-0.4, -0.2) is 39.8 Å². The molecule has 6 nitrogen and oxygen atoms in total. The molecule has 2 aromatic rings. The van der Waals surface area contributed by atoms with Crippen molar-refractivity contribution in [3.63, 3.8) is 0 Å². The highest BCUT2D eigenvalue weighted by molar-refractivity contribution is 5.40. The van der Waals surface area contributed by atoms with Crippen LogP contribution in [0.15, 0.2) is 24.9 Å². The fourth-order valence-corrected chi connectivity index (χ4v) is 1.50. The lowest BCUT2D eigenvalue weighted by atomic mass is 10.5. The molecule has 90 valence electrons. The van der Waals surface area contributed by atoms with Gasteiger partial charge in [-0.2, -0.15) is 0 Å². The fraction of sp³-hybridized carbons (Fsp3) is 0.364. The summed E-state index contributed by atoms with van der Waals surface area (Å²) >= 11 is 0. The van der Waals surface area contributed by atoms with Crippen LogP contribution in [0.5, 0.6) is 0 Å². The Bertz CT molecular complexity index is 468. The number of rotatable bonds is 5. The number of ether oxygens (including phenoxy) is 1. The minimum atomic E-state index is 0.636. The summed E-state index contributed by atoms with van der Waals surface area (Å²) in [5.74, 6) is 0.773. The van der Waals surface area contributed by atoms with Crippen molar-refractivity contribution in [2.45, 2.75) is 6.92 Å². The van der Waals surface area contributed by atoms with Crippen LogP contribution in [-0.2, 0) is 4.74 Å². The maximum absolute atomic E-state index is 4.99. The molecule has 6 heteroatoms. The zero-order valence-corrected chi connectivity index (χ0v) is 9.92. The summed E-state index contributed by atoms with van der Waals surface area (Å²) in [7, 11) is 1.67. The van der Waals surface area contributed by atoms with Gasteiger partial charge in [0.25, 0.3) is 0 Å². The Morgan fingerprint density at radius 1 is 1.35 bits per heavy atom. The number of methoxy groups -OCH3 is 1. The summed E-state index contributed by atoms with van der Waals surface area (Å²) in [4.78, 5) is 12.4. The van der Waals surface area contributed by atoms with Gasteiger partial charge in [0, 0.05) is 19.9 Å². The van der Waals surface area contributed by atoms with E-state index < -0.39 is 0 Å². The Labute approximate surface area is 99.7 Å². The number of aryl methyl sites for hydroxylation is 1. The molecule has 2 rings (SSSR count). The van der Waals surface area contributed by atoms with Gasteiger partial charge >= 0.3 is 0 Å². The van der Waals surface area contributed by atoms with Crippen molar-refractivity contribution in [3.8, 4) is 5.69 Å². The molecule has 0 saturated heterocycles. The summed E-state index contributed by atoms with van der Waals surface area (Å²) in [6.45, 7) is 3.29. The first kappa shape index (κ1) is 11.5. The van der Waals surface area contributed by atoms with Gasteiger partial charge in [-0.15, -0.1) is 0 Å². The quantitative estimate of drug-likeness (QED) is 0.781. The van der Waals surface area contributed by atoms with E-state index in [9.17, 15) is 0 Å². The molecule has 0 aromatic carbocycles. The van der Waals surface area contributed by atoms with Gasteiger partial charge in [-0.1, -0.05) is 0 Å². The van der Waals surface area contributed by atoms with Gasteiger partial charge in [-0.05, 0) is 6.92 Å². The van der Waals surface area contributed by atoms with Crippen LogP contribution in [0.25, 0.3) is 5.69 Å². The van der Waals surface area contributed by atoms with Gasteiger partial charge in [-0.3, -0.25) is 4.57 Å². The third kappa shape index (κ3) is 2.79. The lowest BCUT2D eigenvalue weighted by molar-refractivity contribution is 0.210. The van der Waals surface area contributed by atoms with E-state index in [1.807, 2.05) is 17.7 Å². The Balaban J connectivity index is 2.22. The molecule has 0 atom stereocenters. The lowest BCUT2D eigenvalue weighted by Gasteiger charge is -2.08. The molecule has 0 fully saturated rings. The molecule has 0 aliphatic heterocycles. The maximum Gasteiger partial charge on any atom is 0.207 e. The molecular formula is C11H15N5O. The van der Waals surface area contributed by atoms with Gasteiger partial charge < -0.3 is 10.1 Å². The fourth-order valence-electron chi connectivity index (χ4n) is 1.50. The highest BCUT2D eigenvalue weighted by Gasteiger charge is 2.06. The minimum Gasteiger partial charge on any atom is -0.383 e. The number of aromatic nitrogens is 4. The van der Waals surface area contributed by atoms with Gasteiger partial charge in [0.1, 0.15) is 6.33 Å². The van der Waals surface area contributed by atoms with E-state index in [1.165, 1.54) is 6.33 Å². The summed E-state index contributed by atoms with van der Waals surface area (Å²) in [6.07, 6.45) is 6.93. The molecule has 17 heavy (non-hydrogen) atoms. The molecule has 0 aliphatic carbocycles. The van der Waals surface area contributed by atoms with Gasteiger partial charge in [0.05, 0.1) is 30.4 Å². The number of hydrogen-bond donors (Lipinski definition) is 1. The monoisotopic (exact) mass is 233 g/mol. The molecule has 0 spiro atoms. The molecule has 0 radical (unpaired) electrons. The second kappa shape index (κ2) is 5.40. The number of nitrogens with one attached hydrogen (secondary N) is 1. The van der Waals surface area contributed by atoms with E-state index >= 15 is 0 Å². The average molecular weight is 233 g/mol. The molecule has 0 amide bonds. The maximum atomic E-state index is 4.99. The first-order valence-electron chi connectivity index (χ1n) is 5.35. The van der Waals surface area contributed by atoms with E-state index in [4.69, 9.17) is 4.74 Å². The Morgan fingerprint density at radius 2 is 2.12 bits per heavy atom. The SMILES string of the molecule is COCCNc1nc(C)cn1-c1cncnc1. The predicted molar refractivity (Wildman–Crippen MR) is 64.3 cm³/mol. The van der Waals surface area contributed by atoms with Crippen molar-refractivity contribution in [2.24, 2.45) is 0 Å². The van der Waals surface area contributed by atoms with Crippen LogP contribution in [0.2, 0.25) is 0 Å². The zero-order valence-electron chi connectivity index (χ0n) is 9.92. The van der Waals surface area contributed by atoms with E-state index in [2.05, 4.69) is 20.3 Å². The van der Waals surface area contributed by atoms with Crippen molar-refractivity contribution < 1.29 is 4.74 Å². The van der Waals surface area contributed by atoms with E-state index in [0.717, 1.165) is 17.3 Å². The van der Waals surface area contributed by atoms with Crippen molar-refractivity contribution >= 4 is 5.95 Å². The van der Waals surface area contributed by atoms with Crippen LogP contribution in [0.4, 0.5) is 5.95 Å². The number of nitrogens with zero attached hydrogens (tertiary/aromatic N) is 4. The highest BCUT2D eigenvalue weighted by atomic mass is 16.5. The van der Waals surface area contributed by atoms with Crippen LogP contribution < -0.4 is 5.32 Å². The van der Waals surface area contributed by atoms with Crippen LogP contribution in [0.1, 0.15) is 5.69 Å². The smallest absolute Gasteiger partial charge is 0.207 e. The molecule has 0 saturated carbocycles. The first-order valence-corrected chi connectivity index (χ1v) is 5.35. The van der Waals surface area contributed by atoms with Crippen molar-refractivity contribution in [3.05, 3.63) is 30.6 Å². The Hall–Kier alpha value is -1.95. The molecule has 0 aliphatic rings. The van der Waals surface area contributed by atoms with Crippen molar-refractivity contribution in [1.29, 1.82) is 0 Å². The normalized spacial score (nSPS) is 10.5. The van der Waals surface area contributed by atoms with E-state index in [0.29, 0.717) is 13.2 Å². The molecular weight excluding hydrogens is 218 g/mol. The molecule has 2 aromatic heterocycles. The molecule has 1 N–H and O–H groups in total. The van der Waals surface area contributed by atoms with Crippen molar-refractivity contribution in [1.82, 2.24) is 19.5 Å². The molecule has 2 heterocycles. The lowest BCUT2D eigenvalue weighted by Crippen LogP contribution is -2.11. The largest absolute Gasteiger partial charge is 0.383 e. The average Bonchev–Trinajstić information content (AvgIpc) is 2.72. The third-order valence-electron chi connectivity index (χ3n) is 2.24. The highest BCUT2D eigenvalue weighted by Crippen LogP contribution is 2.14. The number of imidazole rings is 1. The van der Waals surface area contributed by atoms with Gasteiger partial charge in [0.2, 0.25) is 5.95 Å². The van der Waals surface area contributed by atoms with Crippen LogP contribution in [0, 0.1) is 6.92 Å². The van der Waals surface area contributed by atoms with E-state index in [1.54, 1.807) is 19.5 Å². The summed E-state index contributed by atoms with van der Waals surface area (Å²) in [6, 6.07) is 0. The van der Waals surface area contributed by atoms with E-state index in [-0.39, 0.29) is 0 Å². The molecule has 0 bridgehead atoms. The number of anilines is 1. The minimum absolute atomic E-state index is 0.636.